The maximum absolute atomic E-state index is 12.0. The number of rotatable bonds is 6. The molecule has 0 aliphatic rings. The van der Waals surface area contributed by atoms with Gasteiger partial charge in [-0.25, -0.2) is 0 Å². The van der Waals surface area contributed by atoms with Gasteiger partial charge in [0, 0.05) is 6.54 Å². The number of carbonyl (C=O) groups excluding carboxylic acids is 1. The van der Waals surface area contributed by atoms with Gasteiger partial charge in [-0.15, -0.1) is 0 Å². The normalized spacial score (nSPS) is 10.5. The molecule has 0 spiro atoms. The second-order valence-corrected chi connectivity index (χ2v) is 4.61. The first-order chi connectivity index (χ1) is 8.54. The molecule has 0 atom stereocenters. The highest BCUT2D eigenvalue weighted by molar-refractivity contribution is 5.99. The lowest BCUT2D eigenvalue weighted by molar-refractivity contribution is 0.0953. The highest BCUT2D eigenvalue weighted by atomic mass is 16.1. The highest BCUT2D eigenvalue weighted by Crippen LogP contribution is 2.15. The highest BCUT2D eigenvalue weighted by Gasteiger charge is 2.10. The molecule has 1 aromatic rings. The maximum atomic E-state index is 12.0. The molecule has 0 bridgehead atoms. The summed E-state index contributed by atoms with van der Waals surface area (Å²) >= 11 is 0. The topological polar surface area (TPSA) is 70.4 Å². The summed E-state index contributed by atoms with van der Waals surface area (Å²) < 4.78 is 0. The number of anilines is 1. The van der Waals surface area contributed by atoms with Crippen molar-refractivity contribution in [1.82, 2.24) is 10.2 Å². The minimum absolute atomic E-state index is 0.0922. The molecule has 5 heteroatoms. The van der Waals surface area contributed by atoms with Crippen LogP contribution in [0.15, 0.2) is 18.2 Å². The molecule has 1 aromatic carbocycles. The van der Waals surface area contributed by atoms with E-state index in [1.807, 2.05) is 39.2 Å². The third kappa shape index (κ3) is 4.35. The fraction of sp³-hybridized carbons (Fsp3) is 0.462. The van der Waals surface area contributed by atoms with Crippen LogP contribution in [-0.4, -0.2) is 38.0 Å². The van der Waals surface area contributed by atoms with Gasteiger partial charge in [0.25, 0.3) is 5.91 Å². The van der Waals surface area contributed by atoms with E-state index in [1.165, 1.54) is 0 Å². The van der Waals surface area contributed by atoms with E-state index in [9.17, 15) is 4.79 Å². The molecular weight excluding hydrogens is 228 g/mol. The average molecular weight is 250 g/mol. The molecule has 5 nitrogen and oxygen atoms in total. The van der Waals surface area contributed by atoms with Crippen LogP contribution in [-0.2, 0) is 0 Å². The lowest BCUT2D eigenvalue weighted by Gasteiger charge is -2.12. The number of nitrogens with zero attached hydrogens (tertiary/aromatic N) is 1. The number of hydrogen-bond acceptors (Lipinski definition) is 4. The van der Waals surface area contributed by atoms with Crippen LogP contribution < -0.4 is 16.6 Å². The summed E-state index contributed by atoms with van der Waals surface area (Å²) in [6, 6.07) is 5.55. The lowest BCUT2D eigenvalue weighted by atomic mass is 10.1. The molecule has 100 valence electrons. The van der Waals surface area contributed by atoms with E-state index in [0.717, 1.165) is 18.5 Å². The number of hydrazine groups is 1. The first-order valence-corrected chi connectivity index (χ1v) is 6.05. The van der Waals surface area contributed by atoms with Crippen molar-refractivity contribution >= 4 is 11.6 Å². The van der Waals surface area contributed by atoms with Crippen molar-refractivity contribution in [3.8, 4) is 0 Å². The number of nitrogens with two attached hydrogens (primary N) is 1. The smallest absolute Gasteiger partial charge is 0.253 e. The molecular formula is C13H22N4O. The summed E-state index contributed by atoms with van der Waals surface area (Å²) in [6.07, 6.45) is 0.927. The van der Waals surface area contributed by atoms with E-state index in [-0.39, 0.29) is 5.91 Å². The fourth-order valence-corrected chi connectivity index (χ4v) is 1.66. The van der Waals surface area contributed by atoms with Crippen LogP contribution >= 0.6 is 0 Å². The molecule has 18 heavy (non-hydrogen) atoms. The van der Waals surface area contributed by atoms with Gasteiger partial charge >= 0.3 is 0 Å². The van der Waals surface area contributed by atoms with Crippen LogP contribution in [0.5, 0.6) is 0 Å². The van der Waals surface area contributed by atoms with Gasteiger partial charge in [-0.2, -0.15) is 0 Å². The van der Waals surface area contributed by atoms with Gasteiger partial charge in [-0.1, -0.05) is 11.6 Å². The van der Waals surface area contributed by atoms with Gasteiger partial charge in [0.15, 0.2) is 0 Å². The molecule has 0 heterocycles. The standard InChI is InChI=1S/C13H22N4O/c1-10-5-6-12(16-14)11(9-10)13(18)15-7-4-8-17(2)3/h5-6,9,16H,4,7-8,14H2,1-3H3,(H,15,18). The van der Waals surface area contributed by atoms with E-state index >= 15 is 0 Å². The van der Waals surface area contributed by atoms with E-state index in [4.69, 9.17) is 5.84 Å². The molecule has 0 unspecified atom stereocenters. The third-order valence-corrected chi connectivity index (χ3v) is 2.64. The van der Waals surface area contributed by atoms with E-state index in [0.29, 0.717) is 17.8 Å². The van der Waals surface area contributed by atoms with Crippen LogP contribution in [0.4, 0.5) is 5.69 Å². The Kier molecular flexibility index (Phi) is 5.61. The lowest BCUT2D eigenvalue weighted by Crippen LogP contribution is -2.28. The summed E-state index contributed by atoms with van der Waals surface area (Å²) in [5.74, 6) is 5.30. The Morgan fingerprint density at radius 1 is 1.39 bits per heavy atom. The molecule has 0 aliphatic carbocycles. The van der Waals surface area contributed by atoms with Crippen LogP contribution in [0.3, 0.4) is 0 Å². The van der Waals surface area contributed by atoms with Crippen molar-refractivity contribution in [3.05, 3.63) is 29.3 Å². The number of nitrogens with one attached hydrogen (secondary N) is 2. The second-order valence-electron chi connectivity index (χ2n) is 4.61. The van der Waals surface area contributed by atoms with Crippen molar-refractivity contribution < 1.29 is 4.79 Å². The summed E-state index contributed by atoms with van der Waals surface area (Å²) in [7, 11) is 4.03. The molecule has 0 aliphatic heterocycles. The van der Waals surface area contributed by atoms with Crippen molar-refractivity contribution in [1.29, 1.82) is 0 Å². The summed E-state index contributed by atoms with van der Waals surface area (Å²) in [4.78, 5) is 14.1. The molecule has 0 radical (unpaired) electrons. The van der Waals surface area contributed by atoms with E-state index in [2.05, 4.69) is 15.6 Å². The summed E-state index contributed by atoms with van der Waals surface area (Å²) in [5.41, 5.74) is 4.81. The number of benzene rings is 1. The maximum Gasteiger partial charge on any atom is 0.253 e. The second kappa shape index (κ2) is 6.98. The minimum atomic E-state index is -0.0922. The number of aryl methyl sites for hydroxylation is 1. The van der Waals surface area contributed by atoms with E-state index in [1.54, 1.807) is 0 Å². The molecule has 0 saturated heterocycles. The largest absolute Gasteiger partial charge is 0.352 e. The Hall–Kier alpha value is -1.59. The Labute approximate surface area is 108 Å². The number of amides is 1. The van der Waals surface area contributed by atoms with Crippen LogP contribution in [0, 0.1) is 6.92 Å². The van der Waals surface area contributed by atoms with E-state index < -0.39 is 0 Å². The van der Waals surface area contributed by atoms with Crippen molar-refractivity contribution in [3.63, 3.8) is 0 Å². The van der Waals surface area contributed by atoms with Crippen molar-refractivity contribution in [2.24, 2.45) is 5.84 Å². The Morgan fingerprint density at radius 2 is 2.11 bits per heavy atom. The zero-order chi connectivity index (χ0) is 13.5. The number of carbonyl (C=O) groups is 1. The zero-order valence-electron chi connectivity index (χ0n) is 11.3. The first-order valence-electron chi connectivity index (χ1n) is 6.05. The quantitative estimate of drug-likeness (QED) is 0.399. The van der Waals surface area contributed by atoms with Gasteiger partial charge in [0.05, 0.1) is 11.3 Å². The van der Waals surface area contributed by atoms with Gasteiger partial charge in [0.1, 0.15) is 0 Å². The molecule has 1 amide bonds. The van der Waals surface area contributed by atoms with Gasteiger partial charge in [-0.05, 0) is 46.1 Å². The predicted octanol–water partition coefficient (Wildman–Crippen LogP) is 0.962. The van der Waals surface area contributed by atoms with Gasteiger partial charge in [-0.3, -0.25) is 10.6 Å². The average Bonchev–Trinajstić information content (AvgIpc) is 2.34. The third-order valence-electron chi connectivity index (χ3n) is 2.64. The minimum Gasteiger partial charge on any atom is -0.352 e. The molecule has 4 N–H and O–H groups in total. The monoisotopic (exact) mass is 250 g/mol. The fourth-order valence-electron chi connectivity index (χ4n) is 1.66. The van der Waals surface area contributed by atoms with Gasteiger partial charge in [0.2, 0.25) is 0 Å². The zero-order valence-corrected chi connectivity index (χ0v) is 11.3. The molecule has 1 rings (SSSR count). The van der Waals surface area contributed by atoms with Crippen LogP contribution in [0.1, 0.15) is 22.3 Å². The van der Waals surface area contributed by atoms with Crippen molar-refractivity contribution in [2.45, 2.75) is 13.3 Å². The SMILES string of the molecule is Cc1ccc(NN)c(C(=O)NCCCN(C)C)c1. The molecule has 0 aromatic heterocycles. The first kappa shape index (κ1) is 14.5. The predicted molar refractivity (Wildman–Crippen MR) is 74.5 cm³/mol. The number of hydrogen-bond donors (Lipinski definition) is 3. The van der Waals surface area contributed by atoms with Crippen LogP contribution in [0.25, 0.3) is 0 Å². The summed E-state index contributed by atoms with van der Waals surface area (Å²) in [6.45, 7) is 3.56. The van der Waals surface area contributed by atoms with Gasteiger partial charge < -0.3 is 15.6 Å². The van der Waals surface area contributed by atoms with Crippen molar-refractivity contribution in [2.75, 3.05) is 32.6 Å². The summed E-state index contributed by atoms with van der Waals surface area (Å²) in [5, 5.41) is 2.90. The molecule has 0 saturated carbocycles. The Balaban J connectivity index is 2.58. The molecule has 0 fully saturated rings. The Morgan fingerprint density at radius 3 is 2.72 bits per heavy atom. The number of nitrogen functional groups attached to an aromatic ring is 1. The van der Waals surface area contributed by atoms with Crippen LogP contribution in [0.2, 0.25) is 0 Å². The Bertz CT molecular complexity index is 404.